The highest BCUT2D eigenvalue weighted by molar-refractivity contribution is 8.03. The minimum absolute atomic E-state index is 0.00869. The van der Waals surface area contributed by atoms with Crippen LogP contribution in [0.1, 0.15) is 20.3 Å². The molecule has 0 unspecified atom stereocenters. The zero-order valence-electron chi connectivity index (χ0n) is 18.8. The van der Waals surface area contributed by atoms with E-state index in [9.17, 15) is 27.9 Å². The zero-order chi connectivity index (χ0) is 24.1. The maximum Gasteiger partial charge on any atom is 0.353 e. The number of nitrogens with zero attached hydrogens (tertiary/aromatic N) is 2. The van der Waals surface area contributed by atoms with Crippen molar-refractivity contribution < 1.29 is 32.6 Å². The number of ether oxygens (including phenoxy) is 1. The van der Waals surface area contributed by atoms with Crippen LogP contribution in [0, 0.1) is 11.8 Å². The monoisotopic (exact) mass is 502 g/mol. The van der Waals surface area contributed by atoms with E-state index in [0.29, 0.717) is 44.2 Å². The molecule has 13 heteroatoms. The molecule has 0 bridgehead atoms. The number of carbonyl (C=O) groups is 3. The lowest BCUT2D eigenvalue weighted by molar-refractivity contribution is -0.157. The fourth-order valence-electron chi connectivity index (χ4n) is 5.27. The fraction of sp³-hybridized carbons (Fsp3) is 0.750. The Morgan fingerprint density at radius 1 is 1.30 bits per heavy atom. The van der Waals surface area contributed by atoms with E-state index >= 15 is 0 Å². The maximum absolute atomic E-state index is 12.8. The summed E-state index contributed by atoms with van der Waals surface area (Å²) in [5.74, 6) is -2.39. The second-order valence-corrected chi connectivity index (χ2v) is 12.2. The Hall–Kier alpha value is -1.67. The van der Waals surface area contributed by atoms with E-state index in [1.54, 1.807) is 11.8 Å². The molecule has 0 aromatic carbocycles. The number of β-lactam (4-membered cyclic amide) rings is 1. The standard InChI is InChI=1S/C20H30N4O7S2/c1-10-15-14(11(2)22-33(3,29)30)19(26)24(15)16(20(27)28)17(10)32-12-8-13(21-9-12)18(25)23-4-6-31-7-5-23/h10-15,21-22H,4-9H2,1-3H3,(H,27,28)/t10-,11-,12+,13+,14-,15-/m1/s1. The molecule has 0 saturated carbocycles. The van der Waals surface area contributed by atoms with Gasteiger partial charge in [-0.1, -0.05) is 6.92 Å². The maximum atomic E-state index is 12.8. The Kier molecular flexibility index (Phi) is 6.80. The molecule has 4 aliphatic rings. The SMILES string of the molecule is C[C@@H](NS(C)(=O)=O)[C@H]1C(=O)N2C(C(=O)O)=C(S[C@@H]3CN[C@H](C(=O)N4CCOCC4)C3)[C@H](C)[C@H]12. The van der Waals surface area contributed by atoms with Crippen molar-refractivity contribution in [3.05, 3.63) is 10.6 Å². The van der Waals surface area contributed by atoms with Gasteiger partial charge >= 0.3 is 5.97 Å². The third-order valence-corrected chi connectivity index (χ3v) is 9.05. The summed E-state index contributed by atoms with van der Waals surface area (Å²) in [5, 5.41) is 13.1. The first-order chi connectivity index (χ1) is 15.5. The van der Waals surface area contributed by atoms with Crippen molar-refractivity contribution >= 4 is 39.6 Å². The van der Waals surface area contributed by atoms with Crippen molar-refractivity contribution in [2.75, 3.05) is 39.1 Å². The van der Waals surface area contributed by atoms with Crippen LogP contribution in [0.2, 0.25) is 0 Å². The van der Waals surface area contributed by atoms with E-state index < -0.39 is 34.0 Å². The van der Waals surface area contributed by atoms with Crippen molar-refractivity contribution in [3.63, 3.8) is 0 Å². The van der Waals surface area contributed by atoms with Crippen LogP contribution in [0.3, 0.4) is 0 Å². The summed E-state index contributed by atoms with van der Waals surface area (Å²) in [5.41, 5.74) is -0.0201. The molecule has 11 nitrogen and oxygen atoms in total. The lowest BCUT2D eigenvalue weighted by Crippen LogP contribution is -2.66. The molecule has 4 aliphatic heterocycles. The lowest BCUT2D eigenvalue weighted by Gasteiger charge is -2.47. The molecule has 2 amide bonds. The van der Waals surface area contributed by atoms with Gasteiger partial charge in [-0.25, -0.2) is 17.9 Å². The summed E-state index contributed by atoms with van der Waals surface area (Å²) < 4.78 is 31.1. The zero-order valence-corrected chi connectivity index (χ0v) is 20.4. The number of rotatable bonds is 7. The number of amides is 2. The van der Waals surface area contributed by atoms with Gasteiger partial charge in [0, 0.05) is 41.7 Å². The van der Waals surface area contributed by atoms with Gasteiger partial charge in [0.1, 0.15) is 5.70 Å². The van der Waals surface area contributed by atoms with E-state index in [1.807, 2.05) is 6.92 Å². The van der Waals surface area contributed by atoms with Crippen LogP contribution in [0.15, 0.2) is 10.6 Å². The van der Waals surface area contributed by atoms with Crippen LogP contribution < -0.4 is 10.0 Å². The molecule has 0 radical (unpaired) electrons. The summed E-state index contributed by atoms with van der Waals surface area (Å²) in [7, 11) is -3.51. The Bertz CT molecular complexity index is 979. The van der Waals surface area contributed by atoms with Crippen molar-refractivity contribution in [2.24, 2.45) is 11.8 Å². The summed E-state index contributed by atoms with van der Waals surface area (Å²) in [6, 6.07) is -1.37. The minimum atomic E-state index is -3.51. The fourth-order valence-corrected chi connectivity index (χ4v) is 7.57. The van der Waals surface area contributed by atoms with Crippen molar-refractivity contribution in [1.82, 2.24) is 19.8 Å². The predicted octanol–water partition coefficient (Wildman–Crippen LogP) is -0.980. The highest BCUT2D eigenvalue weighted by Crippen LogP contribution is 2.51. The second kappa shape index (κ2) is 9.17. The quantitative estimate of drug-likeness (QED) is 0.374. The van der Waals surface area contributed by atoms with Crippen LogP contribution in [0.4, 0.5) is 0 Å². The van der Waals surface area contributed by atoms with Crippen LogP contribution in [0.25, 0.3) is 0 Å². The van der Waals surface area contributed by atoms with Gasteiger partial charge in [-0.05, 0) is 13.3 Å². The third kappa shape index (κ3) is 4.65. The molecule has 0 aromatic rings. The van der Waals surface area contributed by atoms with E-state index in [-0.39, 0.29) is 34.7 Å². The van der Waals surface area contributed by atoms with Crippen LogP contribution >= 0.6 is 11.8 Å². The third-order valence-electron chi connectivity index (χ3n) is 6.74. The van der Waals surface area contributed by atoms with Crippen LogP contribution in [-0.2, 0) is 29.1 Å². The van der Waals surface area contributed by atoms with Crippen molar-refractivity contribution in [1.29, 1.82) is 0 Å². The summed E-state index contributed by atoms with van der Waals surface area (Å²) >= 11 is 1.41. The number of carbonyl (C=O) groups excluding carboxylic acids is 2. The molecule has 33 heavy (non-hydrogen) atoms. The number of aliphatic carboxylic acids is 1. The van der Waals surface area contributed by atoms with Gasteiger partial charge in [-0.15, -0.1) is 11.8 Å². The van der Waals surface area contributed by atoms with Gasteiger partial charge in [0.15, 0.2) is 0 Å². The lowest BCUT2D eigenvalue weighted by atomic mass is 9.78. The molecule has 4 rings (SSSR count). The molecule has 3 saturated heterocycles. The van der Waals surface area contributed by atoms with Gasteiger partial charge in [-0.3, -0.25) is 9.59 Å². The van der Waals surface area contributed by atoms with Gasteiger partial charge in [0.25, 0.3) is 0 Å². The molecule has 0 aliphatic carbocycles. The Morgan fingerprint density at radius 2 is 1.97 bits per heavy atom. The Labute approximate surface area is 197 Å². The van der Waals surface area contributed by atoms with Crippen molar-refractivity contribution in [3.8, 4) is 0 Å². The van der Waals surface area contributed by atoms with E-state index in [0.717, 1.165) is 6.26 Å². The predicted molar refractivity (Wildman–Crippen MR) is 121 cm³/mol. The molecular formula is C20H30N4O7S2. The topological polar surface area (TPSA) is 145 Å². The first kappa shape index (κ1) is 24.5. The largest absolute Gasteiger partial charge is 0.477 e. The Morgan fingerprint density at radius 3 is 2.58 bits per heavy atom. The number of hydrogen-bond donors (Lipinski definition) is 3. The minimum Gasteiger partial charge on any atom is -0.477 e. The second-order valence-electron chi connectivity index (χ2n) is 9.08. The molecule has 3 fully saturated rings. The molecular weight excluding hydrogens is 472 g/mol. The van der Waals surface area contributed by atoms with E-state index in [4.69, 9.17) is 4.74 Å². The number of carboxylic acids is 1. The summed E-state index contributed by atoms with van der Waals surface area (Å²) in [6.07, 6.45) is 1.60. The number of hydrogen-bond acceptors (Lipinski definition) is 8. The van der Waals surface area contributed by atoms with Crippen LogP contribution in [0.5, 0.6) is 0 Å². The van der Waals surface area contributed by atoms with Gasteiger partial charge < -0.3 is 25.0 Å². The number of fused-ring (bicyclic) bond motifs is 1. The summed E-state index contributed by atoms with van der Waals surface area (Å²) in [6.45, 7) is 6.26. The Balaban J connectivity index is 1.46. The number of nitrogens with one attached hydrogen (secondary N) is 2. The number of thioether (sulfide) groups is 1. The molecule has 6 atom stereocenters. The molecule has 0 spiro atoms. The number of carboxylic acid groups (broad SMARTS) is 1. The smallest absolute Gasteiger partial charge is 0.353 e. The highest BCUT2D eigenvalue weighted by atomic mass is 32.2. The van der Waals surface area contributed by atoms with Crippen molar-refractivity contribution in [2.45, 2.75) is 43.6 Å². The molecule has 184 valence electrons. The molecule has 0 aromatic heterocycles. The van der Waals surface area contributed by atoms with Gasteiger partial charge in [0.05, 0.1) is 37.5 Å². The van der Waals surface area contributed by atoms with E-state index in [1.165, 1.54) is 16.7 Å². The van der Waals surface area contributed by atoms with Gasteiger partial charge in [0.2, 0.25) is 21.8 Å². The average molecular weight is 503 g/mol. The van der Waals surface area contributed by atoms with Crippen LogP contribution in [-0.4, -0.2) is 104 Å². The first-order valence-electron chi connectivity index (χ1n) is 11.0. The summed E-state index contributed by atoms with van der Waals surface area (Å²) in [4.78, 5) is 41.4. The number of sulfonamides is 1. The molecule has 3 N–H and O–H groups in total. The molecule has 4 heterocycles. The van der Waals surface area contributed by atoms with Gasteiger partial charge in [-0.2, -0.15) is 0 Å². The first-order valence-corrected chi connectivity index (χ1v) is 13.8. The number of morpholine rings is 1. The highest BCUT2D eigenvalue weighted by Gasteiger charge is 2.60. The average Bonchev–Trinajstić information content (AvgIpc) is 3.29. The normalized spacial score (nSPS) is 33.2. The van der Waals surface area contributed by atoms with E-state index in [2.05, 4.69) is 10.0 Å².